The SMILES string of the molecule is COc1ccc([C@H](NC(=O)CSc2nnc(N)s2)c2ccncc2)cc1. The number of rotatable bonds is 7. The summed E-state index contributed by atoms with van der Waals surface area (Å²) in [5, 5.41) is 11.1. The van der Waals surface area contributed by atoms with E-state index >= 15 is 0 Å². The number of nitrogens with zero attached hydrogens (tertiary/aromatic N) is 3. The Kier molecular flexibility index (Phi) is 6.03. The molecule has 134 valence electrons. The normalized spacial score (nSPS) is 11.7. The molecule has 1 aromatic carbocycles. The third-order valence-electron chi connectivity index (χ3n) is 3.54. The number of aromatic nitrogens is 3. The van der Waals surface area contributed by atoms with Crippen LogP contribution in [0.1, 0.15) is 17.2 Å². The van der Waals surface area contributed by atoms with E-state index < -0.39 is 0 Å². The maximum absolute atomic E-state index is 12.5. The summed E-state index contributed by atoms with van der Waals surface area (Å²) < 4.78 is 5.87. The van der Waals surface area contributed by atoms with Crippen molar-refractivity contribution in [3.63, 3.8) is 0 Å². The van der Waals surface area contributed by atoms with Crippen LogP contribution >= 0.6 is 23.1 Å². The quantitative estimate of drug-likeness (QED) is 0.600. The third-order valence-corrected chi connectivity index (χ3v) is 5.43. The minimum absolute atomic E-state index is 0.110. The highest BCUT2D eigenvalue weighted by Crippen LogP contribution is 2.26. The van der Waals surface area contributed by atoms with Crippen molar-refractivity contribution in [2.24, 2.45) is 0 Å². The molecule has 2 heterocycles. The second-order valence-electron chi connectivity index (χ2n) is 5.25. The van der Waals surface area contributed by atoms with Crippen LogP contribution in [0.4, 0.5) is 5.13 Å². The Hall–Kier alpha value is -2.65. The van der Waals surface area contributed by atoms with Crippen LogP contribution in [-0.4, -0.2) is 34.0 Å². The standard InChI is InChI=1S/C17H17N5O2S2/c1-24-13-4-2-11(3-5-13)15(12-6-8-19-9-7-12)20-14(23)10-25-17-22-21-16(18)26-17/h2-9,15H,10H2,1H3,(H2,18,21)(H,20,23)/t15-/m0/s1. The van der Waals surface area contributed by atoms with Crippen molar-refractivity contribution < 1.29 is 9.53 Å². The van der Waals surface area contributed by atoms with Gasteiger partial charge in [0, 0.05) is 12.4 Å². The molecule has 3 rings (SSSR count). The average Bonchev–Trinajstić information content (AvgIpc) is 3.10. The van der Waals surface area contributed by atoms with E-state index in [2.05, 4.69) is 20.5 Å². The molecule has 0 unspecified atom stereocenters. The van der Waals surface area contributed by atoms with Crippen molar-refractivity contribution in [1.82, 2.24) is 20.5 Å². The number of methoxy groups -OCH3 is 1. The van der Waals surface area contributed by atoms with Gasteiger partial charge in [-0.2, -0.15) is 0 Å². The molecule has 0 fully saturated rings. The highest BCUT2D eigenvalue weighted by Gasteiger charge is 2.17. The number of pyridine rings is 1. The van der Waals surface area contributed by atoms with E-state index in [9.17, 15) is 4.79 Å². The minimum Gasteiger partial charge on any atom is -0.497 e. The predicted octanol–water partition coefficient (Wildman–Crippen LogP) is 2.52. The van der Waals surface area contributed by atoms with Crippen LogP contribution in [0.25, 0.3) is 0 Å². The molecule has 9 heteroatoms. The highest BCUT2D eigenvalue weighted by molar-refractivity contribution is 8.01. The number of thioether (sulfide) groups is 1. The molecule has 0 aliphatic carbocycles. The Bertz CT molecular complexity index is 855. The van der Waals surface area contributed by atoms with Gasteiger partial charge in [0.2, 0.25) is 11.0 Å². The molecule has 1 atom stereocenters. The summed E-state index contributed by atoms with van der Waals surface area (Å²) in [5.41, 5.74) is 7.46. The van der Waals surface area contributed by atoms with Crippen LogP contribution in [0.5, 0.6) is 5.75 Å². The molecule has 3 aromatic rings. The number of anilines is 1. The molecule has 3 N–H and O–H groups in total. The highest BCUT2D eigenvalue weighted by atomic mass is 32.2. The van der Waals surface area contributed by atoms with Gasteiger partial charge in [-0.25, -0.2) is 0 Å². The third kappa shape index (κ3) is 4.70. The maximum atomic E-state index is 12.5. The second-order valence-corrected chi connectivity index (χ2v) is 7.48. The van der Waals surface area contributed by atoms with Crippen LogP contribution < -0.4 is 15.8 Å². The number of hydrogen-bond acceptors (Lipinski definition) is 8. The fraction of sp³-hybridized carbons (Fsp3) is 0.176. The number of amides is 1. The van der Waals surface area contributed by atoms with Crippen molar-refractivity contribution in [3.05, 3.63) is 59.9 Å². The second kappa shape index (κ2) is 8.63. The Morgan fingerprint density at radius 1 is 1.19 bits per heavy atom. The molecular formula is C17H17N5O2S2. The van der Waals surface area contributed by atoms with Crippen LogP contribution in [0.15, 0.2) is 53.1 Å². The van der Waals surface area contributed by atoms with E-state index in [-0.39, 0.29) is 17.7 Å². The fourth-order valence-corrected chi connectivity index (χ4v) is 3.77. The van der Waals surface area contributed by atoms with Gasteiger partial charge in [0.25, 0.3) is 0 Å². The lowest BCUT2D eigenvalue weighted by Crippen LogP contribution is -2.30. The van der Waals surface area contributed by atoms with Crippen LogP contribution in [0.3, 0.4) is 0 Å². The zero-order chi connectivity index (χ0) is 18.4. The topological polar surface area (TPSA) is 103 Å². The molecule has 1 amide bonds. The Morgan fingerprint density at radius 3 is 2.50 bits per heavy atom. The molecular weight excluding hydrogens is 370 g/mol. The van der Waals surface area contributed by atoms with Gasteiger partial charge >= 0.3 is 0 Å². The molecule has 0 aliphatic rings. The van der Waals surface area contributed by atoms with E-state index in [0.29, 0.717) is 9.47 Å². The van der Waals surface area contributed by atoms with Crippen molar-refractivity contribution in [1.29, 1.82) is 0 Å². The summed E-state index contributed by atoms with van der Waals surface area (Å²) in [6, 6.07) is 11.1. The van der Waals surface area contributed by atoms with Crippen molar-refractivity contribution >= 4 is 34.1 Å². The van der Waals surface area contributed by atoms with E-state index in [1.807, 2.05) is 36.4 Å². The van der Waals surface area contributed by atoms with Gasteiger partial charge in [-0.3, -0.25) is 9.78 Å². The van der Waals surface area contributed by atoms with Crippen molar-refractivity contribution in [3.8, 4) is 5.75 Å². The molecule has 26 heavy (non-hydrogen) atoms. The number of nitrogens with one attached hydrogen (secondary N) is 1. The van der Waals surface area contributed by atoms with Gasteiger partial charge in [0.15, 0.2) is 4.34 Å². The van der Waals surface area contributed by atoms with E-state index in [0.717, 1.165) is 16.9 Å². The molecule has 0 aliphatic heterocycles. The number of nitrogen functional groups attached to an aromatic ring is 1. The van der Waals surface area contributed by atoms with E-state index in [1.54, 1.807) is 19.5 Å². The smallest absolute Gasteiger partial charge is 0.231 e. The summed E-state index contributed by atoms with van der Waals surface area (Å²) in [4.78, 5) is 16.5. The minimum atomic E-state index is -0.281. The lowest BCUT2D eigenvalue weighted by atomic mass is 9.99. The average molecular weight is 387 g/mol. The number of carbonyl (C=O) groups is 1. The number of hydrogen-bond donors (Lipinski definition) is 2. The van der Waals surface area contributed by atoms with Gasteiger partial charge in [0.1, 0.15) is 5.75 Å². The summed E-state index contributed by atoms with van der Waals surface area (Å²) in [7, 11) is 1.62. The number of ether oxygens (including phenoxy) is 1. The lowest BCUT2D eigenvalue weighted by molar-refractivity contribution is -0.119. The summed E-state index contributed by atoms with van der Waals surface area (Å²) in [6.07, 6.45) is 3.41. The molecule has 0 spiro atoms. The van der Waals surface area contributed by atoms with Crippen molar-refractivity contribution in [2.75, 3.05) is 18.6 Å². The molecule has 0 saturated carbocycles. The van der Waals surface area contributed by atoms with Crippen LogP contribution in [-0.2, 0) is 4.79 Å². The summed E-state index contributed by atoms with van der Waals surface area (Å²) >= 11 is 2.57. The van der Waals surface area contributed by atoms with Crippen LogP contribution in [0.2, 0.25) is 0 Å². The van der Waals surface area contributed by atoms with Gasteiger partial charge in [-0.05, 0) is 35.4 Å². The molecule has 2 aromatic heterocycles. The van der Waals surface area contributed by atoms with Gasteiger partial charge in [-0.15, -0.1) is 10.2 Å². The van der Waals surface area contributed by atoms with Crippen LogP contribution in [0, 0.1) is 0 Å². The first-order valence-electron chi connectivity index (χ1n) is 7.70. The van der Waals surface area contributed by atoms with E-state index in [4.69, 9.17) is 10.5 Å². The number of benzene rings is 1. The largest absolute Gasteiger partial charge is 0.497 e. The first-order valence-corrected chi connectivity index (χ1v) is 9.51. The molecule has 7 nitrogen and oxygen atoms in total. The monoisotopic (exact) mass is 387 g/mol. The zero-order valence-electron chi connectivity index (χ0n) is 14.0. The van der Waals surface area contributed by atoms with Gasteiger partial charge < -0.3 is 15.8 Å². The van der Waals surface area contributed by atoms with Crippen molar-refractivity contribution in [2.45, 2.75) is 10.4 Å². The number of nitrogens with two attached hydrogens (primary N) is 1. The first-order chi connectivity index (χ1) is 12.7. The Balaban J connectivity index is 1.73. The maximum Gasteiger partial charge on any atom is 0.231 e. The van der Waals surface area contributed by atoms with Gasteiger partial charge in [0.05, 0.1) is 18.9 Å². The Morgan fingerprint density at radius 2 is 1.88 bits per heavy atom. The molecule has 0 bridgehead atoms. The zero-order valence-corrected chi connectivity index (χ0v) is 15.6. The Labute approximate surface area is 159 Å². The van der Waals surface area contributed by atoms with E-state index in [1.165, 1.54) is 23.1 Å². The fourth-order valence-electron chi connectivity index (χ4n) is 2.32. The first kappa shape index (κ1) is 18.2. The lowest BCUT2D eigenvalue weighted by Gasteiger charge is -2.20. The predicted molar refractivity (Wildman–Crippen MR) is 102 cm³/mol. The summed E-state index contributed by atoms with van der Waals surface area (Å²) in [5.74, 6) is 0.881. The summed E-state index contributed by atoms with van der Waals surface area (Å²) in [6.45, 7) is 0. The number of carbonyl (C=O) groups excluding carboxylic acids is 1. The molecule has 0 radical (unpaired) electrons. The molecule has 0 saturated heterocycles. The van der Waals surface area contributed by atoms with Gasteiger partial charge in [-0.1, -0.05) is 35.2 Å².